The van der Waals surface area contributed by atoms with E-state index in [0.29, 0.717) is 17.4 Å². The fourth-order valence-electron chi connectivity index (χ4n) is 12.2. The number of nitrogens with one attached hydrogen (secondary N) is 1. The minimum atomic E-state index is -4.71. The normalized spacial score (nSPS) is 13.7. The Morgan fingerprint density at radius 1 is 0.376 bits per heavy atom. The number of amides is 1. The van der Waals surface area contributed by atoms with Crippen LogP contribution in [0.25, 0.3) is 0 Å². The van der Waals surface area contributed by atoms with E-state index in [4.69, 9.17) is 13.8 Å². The maximum Gasteiger partial charge on any atom is 0.306 e. The lowest BCUT2D eigenvalue weighted by atomic mass is 10.0. The van der Waals surface area contributed by atoms with Gasteiger partial charge in [0.2, 0.25) is 5.91 Å². The lowest BCUT2D eigenvalue weighted by molar-refractivity contribution is -0.870. The summed E-state index contributed by atoms with van der Waals surface area (Å²) in [5.41, 5.74) is 0. The molecule has 0 bridgehead atoms. The Morgan fingerprint density at radius 2 is 0.656 bits per heavy atom. The van der Waals surface area contributed by atoms with Crippen molar-refractivity contribution in [2.24, 2.45) is 0 Å². The number of hydrogen-bond donors (Lipinski definition) is 1. The number of phosphoric acid groups is 1. The minimum absolute atomic E-state index is 0.0208. The number of carbonyl (C=O) groups excluding carboxylic acids is 2. The van der Waals surface area contributed by atoms with Gasteiger partial charge < -0.3 is 28.5 Å². The summed E-state index contributed by atoms with van der Waals surface area (Å²) in [5, 5.41) is 3.06. The second kappa shape index (κ2) is 72.5. The van der Waals surface area contributed by atoms with Crippen LogP contribution in [-0.2, 0) is 27.9 Å². The molecular formula is C83H157N2O7P. The van der Waals surface area contributed by atoms with Crippen LogP contribution in [0.4, 0.5) is 0 Å². The lowest BCUT2D eigenvalue weighted by Gasteiger charge is -2.30. The highest BCUT2D eigenvalue weighted by Crippen LogP contribution is 2.38. The SMILES string of the molecule is CCCCC/C=C\C/C=C\C/C=C\CCCCCCCCCCCCCCCCC(=O)OC(/C=C/CCCCCCCCCCCCC)C(COP(=O)([O-])OCC[N+](C)(C)C)NC(=O)CCCCCCCCCCCCCCCCCCC/C=C/CCCCCCCC. The van der Waals surface area contributed by atoms with Crippen LogP contribution in [0.2, 0.25) is 0 Å². The zero-order valence-electron chi connectivity index (χ0n) is 62.7. The zero-order chi connectivity index (χ0) is 67.8. The number of phosphoric ester groups is 1. The predicted molar refractivity (Wildman–Crippen MR) is 404 cm³/mol. The van der Waals surface area contributed by atoms with Crippen LogP contribution in [0, 0.1) is 0 Å². The van der Waals surface area contributed by atoms with Crippen molar-refractivity contribution in [3.8, 4) is 0 Å². The first-order valence-corrected chi connectivity index (χ1v) is 42.1. The van der Waals surface area contributed by atoms with E-state index in [1.807, 2.05) is 33.3 Å². The highest BCUT2D eigenvalue weighted by molar-refractivity contribution is 7.45. The Kier molecular flexibility index (Phi) is 70.7. The summed E-state index contributed by atoms with van der Waals surface area (Å²) in [4.78, 5) is 40.4. The van der Waals surface area contributed by atoms with Gasteiger partial charge >= 0.3 is 5.97 Å². The summed E-state index contributed by atoms with van der Waals surface area (Å²) in [7, 11) is 1.20. The van der Waals surface area contributed by atoms with Crippen molar-refractivity contribution in [2.75, 3.05) is 40.9 Å². The molecule has 1 N–H and O–H groups in total. The number of unbranched alkanes of at least 4 members (excludes halogenated alkanes) is 51. The second-order valence-corrected chi connectivity index (χ2v) is 30.3. The first-order valence-electron chi connectivity index (χ1n) is 40.6. The van der Waals surface area contributed by atoms with Crippen LogP contribution in [0.5, 0.6) is 0 Å². The molecule has 546 valence electrons. The van der Waals surface area contributed by atoms with Gasteiger partial charge in [-0.15, -0.1) is 0 Å². The van der Waals surface area contributed by atoms with Gasteiger partial charge in [0.05, 0.1) is 33.8 Å². The van der Waals surface area contributed by atoms with E-state index in [1.54, 1.807) is 0 Å². The van der Waals surface area contributed by atoms with E-state index < -0.39 is 20.0 Å². The number of likely N-dealkylation sites (N-methyl/N-ethyl adjacent to an activating group) is 1. The van der Waals surface area contributed by atoms with Crippen molar-refractivity contribution < 1.29 is 37.3 Å². The Labute approximate surface area is 579 Å². The molecule has 0 fully saturated rings. The van der Waals surface area contributed by atoms with E-state index >= 15 is 0 Å². The molecule has 0 heterocycles. The first-order chi connectivity index (χ1) is 45.4. The van der Waals surface area contributed by atoms with Gasteiger partial charge in [-0.2, -0.15) is 0 Å². The molecule has 0 aliphatic carbocycles. The standard InChI is InChI=1S/C83H157N2O7P/c1-7-10-13-16-19-22-25-28-30-32-34-36-38-40-42-44-46-48-50-52-54-57-60-63-66-69-72-75-82(86)84-80(79-91-93(88,89)90-78-77-85(4,5)6)81(74-71-68-65-62-59-56-27-24-21-18-15-12-9-3)92-83(87)76-73-70-67-64-61-58-55-53-51-49-47-45-43-41-39-37-35-33-31-29-26-23-20-17-14-11-8-2/h20,23,28-31,35,37,71,74,80-81H,7-19,21-22,24-27,32-34,36,38-70,72-73,75-79H2,1-6H3,(H-,84,86,88,89)/b23-20-,30-28+,31-29-,37-35-,74-71+. The van der Waals surface area contributed by atoms with Crippen LogP contribution >= 0.6 is 7.82 Å². The third kappa shape index (κ3) is 73.8. The van der Waals surface area contributed by atoms with Crippen molar-refractivity contribution >= 4 is 19.7 Å². The predicted octanol–water partition coefficient (Wildman–Crippen LogP) is 25.8. The summed E-state index contributed by atoms with van der Waals surface area (Å²) in [6.07, 6.45) is 95.1. The van der Waals surface area contributed by atoms with Crippen LogP contribution in [0.15, 0.2) is 60.8 Å². The van der Waals surface area contributed by atoms with Gasteiger partial charge in [0.15, 0.2) is 0 Å². The van der Waals surface area contributed by atoms with Gasteiger partial charge in [-0.1, -0.05) is 358 Å². The molecule has 0 spiro atoms. The van der Waals surface area contributed by atoms with Crippen molar-refractivity contribution in [2.45, 2.75) is 418 Å². The third-order valence-electron chi connectivity index (χ3n) is 18.4. The van der Waals surface area contributed by atoms with Crippen LogP contribution in [0.3, 0.4) is 0 Å². The number of hydrogen-bond acceptors (Lipinski definition) is 7. The first kappa shape index (κ1) is 90.7. The highest BCUT2D eigenvalue weighted by Gasteiger charge is 2.27. The Morgan fingerprint density at radius 3 is 1.01 bits per heavy atom. The Bertz CT molecular complexity index is 1770. The molecule has 0 aromatic heterocycles. The molecule has 3 unspecified atom stereocenters. The fraction of sp³-hybridized carbons (Fsp3) is 0.855. The molecular weight excluding hydrogens is 1170 g/mol. The van der Waals surface area contributed by atoms with E-state index in [2.05, 4.69) is 74.7 Å². The molecule has 0 saturated heterocycles. The Balaban J connectivity index is 4.92. The molecule has 0 radical (unpaired) electrons. The molecule has 10 heteroatoms. The maximum atomic E-state index is 13.7. The Hall–Kier alpha value is -2.29. The average Bonchev–Trinajstić information content (AvgIpc) is 2.15. The van der Waals surface area contributed by atoms with Gasteiger partial charge in [0.1, 0.15) is 19.3 Å². The number of rotatable bonds is 75. The third-order valence-corrected chi connectivity index (χ3v) is 19.4. The molecule has 9 nitrogen and oxygen atoms in total. The van der Waals surface area contributed by atoms with Crippen LogP contribution in [-0.4, -0.2) is 69.4 Å². The largest absolute Gasteiger partial charge is 0.756 e. The number of ether oxygens (including phenoxy) is 1. The number of quaternary nitrogens is 1. The summed E-state index contributed by atoms with van der Waals surface area (Å²) in [5.74, 6) is -0.521. The van der Waals surface area contributed by atoms with Crippen molar-refractivity contribution in [1.82, 2.24) is 5.32 Å². The summed E-state index contributed by atoms with van der Waals surface area (Å²) < 4.78 is 30.6. The van der Waals surface area contributed by atoms with Crippen LogP contribution in [0.1, 0.15) is 406 Å². The number of nitrogens with zero attached hydrogens (tertiary/aromatic N) is 1. The van der Waals surface area contributed by atoms with E-state index in [0.717, 1.165) is 70.6 Å². The fourth-order valence-corrected chi connectivity index (χ4v) is 12.9. The molecule has 0 saturated carbocycles. The zero-order valence-corrected chi connectivity index (χ0v) is 63.6. The topological polar surface area (TPSA) is 114 Å². The summed E-state index contributed by atoms with van der Waals surface area (Å²) in [6, 6.07) is -0.889. The van der Waals surface area contributed by atoms with E-state index in [9.17, 15) is 19.0 Å². The quantitative estimate of drug-likeness (QED) is 0.0212. The van der Waals surface area contributed by atoms with Gasteiger partial charge in [-0.25, -0.2) is 0 Å². The number of esters is 1. The van der Waals surface area contributed by atoms with Gasteiger partial charge in [0.25, 0.3) is 7.82 Å². The highest BCUT2D eigenvalue weighted by atomic mass is 31.2. The van der Waals surface area contributed by atoms with E-state index in [1.165, 1.54) is 302 Å². The van der Waals surface area contributed by atoms with Gasteiger partial charge in [-0.3, -0.25) is 14.2 Å². The minimum Gasteiger partial charge on any atom is -0.756 e. The summed E-state index contributed by atoms with van der Waals surface area (Å²) in [6.45, 7) is 6.88. The molecule has 93 heavy (non-hydrogen) atoms. The van der Waals surface area contributed by atoms with Crippen molar-refractivity contribution in [3.63, 3.8) is 0 Å². The van der Waals surface area contributed by atoms with Gasteiger partial charge in [0, 0.05) is 12.8 Å². The lowest BCUT2D eigenvalue weighted by Crippen LogP contribution is -2.47. The van der Waals surface area contributed by atoms with Crippen molar-refractivity contribution in [3.05, 3.63) is 60.8 Å². The average molecular weight is 1330 g/mol. The molecule has 0 aromatic rings. The van der Waals surface area contributed by atoms with Gasteiger partial charge in [-0.05, 0) is 96.0 Å². The molecule has 0 rings (SSSR count). The maximum absolute atomic E-state index is 13.7. The number of carbonyl (C=O) groups is 2. The molecule has 0 aliphatic heterocycles. The van der Waals surface area contributed by atoms with E-state index in [-0.39, 0.29) is 31.5 Å². The summed E-state index contributed by atoms with van der Waals surface area (Å²) >= 11 is 0. The molecule has 3 atom stereocenters. The van der Waals surface area contributed by atoms with Crippen LogP contribution < -0.4 is 10.2 Å². The second-order valence-electron chi connectivity index (χ2n) is 28.9. The van der Waals surface area contributed by atoms with Crippen molar-refractivity contribution in [1.29, 1.82) is 0 Å². The molecule has 0 aromatic carbocycles. The molecule has 0 aliphatic rings. The molecule has 1 amide bonds. The monoisotopic (exact) mass is 1330 g/mol. The smallest absolute Gasteiger partial charge is 0.306 e. The number of allylic oxidation sites excluding steroid dienone is 9.